The van der Waals surface area contributed by atoms with Crippen LogP contribution in [-0.2, 0) is 0 Å². The average molecular weight is 240 g/mol. The standard InChI is InChI=1S/C10H10OS2.C2H6/c1-7-6-10(13-12-7)8-2-4-9(11)5-3-8;1-2/h2-7,11H,1H3;1-2H3. The van der Waals surface area contributed by atoms with E-state index in [9.17, 15) is 0 Å². The maximum absolute atomic E-state index is 9.12. The van der Waals surface area contributed by atoms with Crippen LogP contribution in [0.5, 0.6) is 5.75 Å². The van der Waals surface area contributed by atoms with Crippen molar-refractivity contribution >= 4 is 26.5 Å². The lowest BCUT2D eigenvalue weighted by Crippen LogP contribution is -1.80. The minimum absolute atomic E-state index is 0.327. The van der Waals surface area contributed by atoms with Crippen LogP contribution in [0, 0.1) is 0 Å². The van der Waals surface area contributed by atoms with Gasteiger partial charge in [0.05, 0.1) is 0 Å². The van der Waals surface area contributed by atoms with Crippen molar-refractivity contribution in [1.29, 1.82) is 0 Å². The van der Waals surface area contributed by atoms with E-state index in [1.165, 1.54) is 10.5 Å². The minimum atomic E-state index is 0.327. The van der Waals surface area contributed by atoms with Gasteiger partial charge in [-0.2, -0.15) is 0 Å². The van der Waals surface area contributed by atoms with Gasteiger partial charge >= 0.3 is 0 Å². The first-order valence-electron chi connectivity index (χ1n) is 5.10. The summed E-state index contributed by atoms with van der Waals surface area (Å²) in [4.78, 5) is 1.30. The molecule has 2 rings (SSSR count). The van der Waals surface area contributed by atoms with Crippen LogP contribution in [0.3, 0.4) is 0 Å². The number of phenols is 1. The van der Waals surface area contributed by atoms with Gasteiger partial charge in [-0.3, -0.25) is 0 Å². The highest BCUT2D eigenvalue weighted by molar-refractivity contribution is 8.80. The van der Waals surface area contributed by atoms with Crippen molar-refractivity contribution in [1.82, 2.24) is 0 Å². The summed E-state index contributed by atoms with van der Waals surface area (Å²) in [5.74, 6) is 0.327. The van der Waals surface area contributed by atoms with Crippen LogP contribution in [0.4, 0.5) is 0 Å². The van der Waals surface area contributed by atoms with E-state index >= 15 is 0 Å². The van der Waals surface area contributed by atoms with Gasteiger partial charge in [0.2, 0.25) is 0 Å². The summed E-state index contributed by atoms with van der Waals surface area (Å²) in [6.45, 7) is 6.19. The lowest BCUT2D eigenvalue weighted by molar-refractivity contribution is 0.475. The van der Waals surface area contributed by atoms with Crippen LogP contribution in [-0.4, -0.2) is 10.4 Å². The van der Waals surface area contributed by atoms with Gasteiger partial charge in [0.25, 0.3) is 0 Å². The third-order valence-corrected chi connectivity index (χ3v) is 4.65. The van der Waals surface area contributed by atoms with E-state index in [1.807, 2.05) is 36.8 Å². The second-order valence-electron chi connectivity index (χ2n) is 2.96. The van der Waals surface area contributed by atoms with Gasteiger partial charge in [0.1, 0.15) is 5.75 Å². The van der Waals surface area contributed by atoms with E-state index in [1.54, 1.807) is 22.9 Å². The van der Waals surface area contributed by atoms with Crippen molar-refractivity contribution in [2.45, 2.75) is 26.0 Å². The van der Waals surface area contributed by atoms with Crippen molar-refractivity contribution < 1.29 is 5.11 Å². The van der Waals surface area contributed by atoms with Crippen LogP contribution in [0.2, 0.25) is 0 Å². The minimum Gasteiger partial charge on any atom is -0.508 e. The molecule has 0 saturated heterocycles. The second kappa shape index (κ2) is 6.13. The Balaban J connectivity index is 0.000000531. The van der Waals surface area contributed by atoms with Crippen LogP contribution in [0.25, 0.3) is 4.91 Å². The summed E-state index contributed by atoms with van der Waals surface area (Å²) in [6, 6.07) is 7.36. The molecule has 1 unspecified atom stereocenters. The van der Waals surface area contributed by atoms with Crippen molar-refractivity contribution in [2.24, 2.45) is 0 Å². The largest absolute Gasteiger partial charge is 0.508 e. The predicted octanol–water partition coefficient (Wildman–Crippen LogP) is 4.54. The lowest BCUT2D eigenvalue weighted by atomic mass is 10.2. The molecule has 0 amide bonds. The zero-order valence-electron chi connectivity index (χ0n) is 9.23. The van der Waals surface area contributed by atoms with Gasteiger partial charge in [-0.05, 0) is 24.6 Å². The lowest BCUT2D eigenvalue weighted by Gasteiger charge is -1.99. The maximum Gasteiger partial charge on any atom is 0.115 e. The van der Waals surface area contributed by atoms with Crippen molar-refractivity contribution in [2.75, 3.05) is 0 Å². The van der Waals surface area contributed by atoms with Gasteiger partial charge in [-0.1, -0.05) is 53.6 Å². The van der Waals surface area contributed by atoms with Gasteiger partial charge in [0, 0.05) is 10.2 Å². The van der Waals surface area contributed by atoms with Crippen LogP contribution in [0.15, 0.2) is 30.3 Å². The predicted molar refractivity (Wildman–Crippen MR) is 72.1 cm³/mol. The van der Waals surface area contributed by atoms with E-state index in [4.69, 9.17) is 5.11 Å². The molecule has 0 radical (unpaired) electrons. The molecular formula is C12H16OS2. The summed E-state index contributed by atoms with van der Waals surface area (Å²) in [6.07, 6.45) is 2.25. The molecule has 0 aromatic heterocycles. The summed E-state index contributed by atoms with van der Waals surface area (Å²) < 4.78 is 0. The summed E-state index contributed by atoms with van der Waals surface area (Å²) in [7, 11) is 3.67. The first-order chi connectivity index (χ1) is 7.25. The van der Waals surface area contributed by atoms with Gasteiger partial charge in [0.15, 0.2) is 0 Å². The number of benzene rings is 1. The molecular weight excluding hydrogens is 224 g/mol. The first kappa shape index (κ1) is 12.5. The Bertz CT molecular complexity index is 330. The molecule has 0 bridgehead atoms. The third kappa shape index (κ3) is 3.50. The molecule has 1 heterocycles. The molecule has 0 saturated carbocycles. The van der Waals surface area contributed by atoms with E-state index < -0.39 is 0 Å². The highest BCUT2D eigenvalue weighted by Gasteiger charge is 2.14. The first-order valence-corrected chi connectivity index (χ1v) is 7.31. The molecule has 1 aliphatic heterocycles. The van der Waals surface area contributed by atoms with E-state index in [0.717, 1.165) is 0 Å². The van der Waals surface area contributed by atoms with E-state index in [0.29, 0.717) is 11.0 Å². The Morgan fingerprint density at radius 3 is 2.20 bits per heavy atom. The monoisotopic (exact) mass is 240 g/mol. The molecule has 1 aromatic rings. The fourth-order valence-corrected chi connectivity index (χ4v) is 3.58. The normalized spacial score (nSPS) is 19.1. The van der Waals surface area contributed by atoms with Crippen LogP contribution in [0.1, 0.15) is 26.3 Å². The molecule has 0 aliphatic carbocycles. The van der Waals surface area contributed by atoms with Crippen LogP contribution >= 0.6 is 21.6 Å². The van der Waals surface area contributed by atoms with Gasteiger partial charge in [-0.15, -0.1) is 0 Å². The van der Waals surface area contributed by atoms with Crippen molar-refractivity contribution in [3.8, 4) is 5.75 Å². The van der Waals surface area contributed by atoms with E-state index in [2.05, 4.69) is 13.0 Å². The zero-order valence-corrected chi connectivity index (χ0v) is 10.9. The topological polar surface area (TPSA) is 20.2 Å². The fourth-order valence-electron chi connectivity index (χ4n) is 1.17. The quantitative estimate of drug-likeness (QED) is 0.728. The maximum atomic E-state index is 9.12. The fraction of sp³-hybridized carbons (Fsp3) is 0.333. The van der Waals surface area contributed by atoms with Crippen molar-refractivity contribution in [3.05, 3.63) is 35.9 Å². The number of aromatic hydroxyl groups is 1. The van der Waals surface area contributed by atoms with Crippen molar-refractivity contribution in [3.63, 3.8) is 0 Å². The molecule has 3 heteroatoms. The summed E-state index contributed by atoms with van der Waals surface area (Å²) >= 11 is 0. The number of phenolic OH excluding ortho intramolecular Hbond substituents is 1. The Kier molecular flexibility index (Phi) is 5.12. The Morgan fingerprint density at radius 1 is 1.13 bits per heavy atom. The molecule has 1 aromatic carbocycles. The zero-order chi connectivity index (χ0) is 11.3. The smallest absolute Gasteiger partial charge is 0.115 e. The Labute approximate surface area is 99.4 Å². The number of hydrogen-bond donors (Lipinski definition) is 1. The molecule has 15 heavy (non-hydrogen) atoms. The molecule has 82 valence electrons. The highest BCUT2D eigenvalue weighted by atomic mass is 33.1. The second-order valence-corrected chi connectivity index (χ2v) is 5.58. The molecule has 1 nitrogen and oxygen atoms in total. The van der Waals surface area contributed by atoms with Crippen LogP contribution < -0.4 is 0 Å². The molecule has 1 aliphatic rings. The van der Waals surface area contributed by atoms with E-state index in [-0.39, 0.29) is 0 Å². The molecule has 0 fully saturated rings. The summed E-state index contributed by atoms with van der Waals surface area (Å²) in [5.41, 5.74) is 1.19. The summed E-state index contributed by atoms with van der Waals surface area (Å²) in [5, 5.41) is 9.71. The Morgan fingerprint density at radius 2 is 1.73 bits per heavy atom. The van der Waals surface area contributed by atoms with Gasteiger partial charge < -0.3 is 5.11 Å². The average Bonchev–Trinajstić information content (AvgIpc) is 2.69. The molecule has 1 atom stereocenters. The Hall–Kier alpha value is -0.540. The molecule has 1 N–H and O–H groups in total. The number of rotatable bonds is 1. The third-order valence-electron chi connectivity index (χ3n) is 1.83. The number of hydrogen-bond acceptors (Lipinski definition) is 3. The SMILES string of the molecule is CC.CC1C=C(c2ccc(O)cc2)SS1. The molecule has 0 spiro atoms. The van der Waals surface area contributed by atoms with Gasteiger partial charge in [-0.25, -0.2) is 0 Å². The highest BCUT2D eigenvalue weighted by Crippen LogP contribution is 2.46.